The summed E-state index contributed by atoms with van der Waals surface area (Å²) in [6.45, 7) is 5.57. The van der Waals surface area contributed by atoms with Crippen LogP contribution >= 0.6 is 0 Å². The summed E-state index contributed by atoms with van der Waals surface area (Å²) in [7, 11) is 0. The molecule has 2 rings (SSSR count). The van der Waals surface area contributed by atoms with Gasteiger partial charge < -0.3 is 4.98 Å². The molecule has 84 valence electrons. The molecule has 1 aromatic heterocycles. The Balaban J connectivity index is 3.04. The number of aromatic nitrogens is 1. The highest BCUT2D eigenvalue weighted by atomic mass is 19.1. The first-order chi connectivity index (χ1) is 7.56. The number of fused-ring (bicyclic) bond motifs is 1. The second-order valence-electron chi connectivity index (χ2n) is 4.03. The van der Waals surface area contributed by atoms with Gasteiger partial charge in [-0.3, -0.25) is 4.79 Å². The third-order valence-corrected chi connectivity index (χ3v) is 3.01. The van der Waals surface area contributed by atoms with Gasteiger partial charge in [0.05, 0.1) is 10.9 Å². The third kappa shape index (κ3) is 1.43. The Bertz CT molecular complexity index is 613. The molecule has 16 heavy (non-hydrogen) atoms. The fraction of sp³-hybridized carbons (Fsp3) is 0.308. The van der Waals surface area contributed by atoms with Crippen molar-refractivity contribution in [1.82, 2.24) is 4.98 Å². The van der Waals surface area contributed by atoms with Gasteiger partial charge in [0.15, 0.2) is 5.43 Å². The van der Waals surface area contributed by atoms with Gasteiger partial charge in [0.1, 0.15) is 5.82 Å². The van der Waals surface area contributed by atoms with Gasteiger partial charge in [0.25, 0.3) is 0 Å². The SMILES string of the molecule is CCc1[nH]c2c(C)ccc(F)c2c(=O)c1C. The minimum atomic E-state index is -0.451. The van der Waals surface area contributed by atoms with Crippen molar-refractivity contribution in [2.24, 2.45) is 0 Å². The molecule has 1 aromatic carbocycles. The zero-order valence-electron chi connectivity index (χ0n) is 9.65. The monoisotopic (exact) mass is 219 g/mol. The molecule has 3 heteroatoms. The number of nitrogens with one attached hydrogen (secondary N) is 1. The van der Waals surface area contributed by atoms with Gasteiger partial charge in [-0.05, 0) is 31.9 Å². The molecule has 0 aliphatic rings. The summed E-state index contributed by atoms with van der Waals surface area (Å²) >= 11 is 0. The number of halogens is 1. The fourth-order valence-electron chi connectivity index (χ4n) is 1.99. The van der Waals surface area contributed by atoms with Crippen LogP contribution in [0.15, 0.2) is 16.9 Å². The van der Waals surface area contributed by atoms with Crippen LogP contribution in [0.25, 0.3) is 10.9 Å². The number of H-pyrrole nitrogens is 1. The van der Waals surface area contributed by atoms with Crippen molar-refractivity contribution in [3.8, 4) is 0 Å². The molecule has 0 aliphatic carbocycles. The zero-order chi connectivity index (χ0) is 11.9. The minimum Gasteiger partial charge on any atom is -0.358 e. The molecule has 2 nitrogen and oxygen atoms in total. The first-order valence-corrected chi connectivity index (χ1v) is 5.36. The Morgan fingerprint density at radius 2 is 2.00 bits per heavy atom. The molecule has 0 bridgehead atoms. The number of pyridine rings is 1. The highest BCUT2D eigenvalue weighted by Gasteiger charge is 2.12. The molecule has 0 spiro atoms. The summed E-state index contributed by atoms with van der Waals surface area (Å²) in [4.78, 5) is 15.2. The lowest BCUT2D eigenvalue weighted by Gasteiger charge is -2.08. The lowest BCUT2D eigenvalue weighted by Crippen LogP contribution is -2.13. The number of benzene rings is 1. The predicted octanol–water partition coefficient (Wildman–Crippen LogP) is 2.85. The number of aromatic amines is 1. The van der Waals surface area contributed by atoms with E-state index in [4.69, 9.17) is 0 Å². The normalized spacial score (nSPS) is 11.0. The minimum absolute atomic E-state index is 0.176. The molecule has 0 atom stereocenters. The van der Waals surface area contributed by atoms with Crippen LogP contribution in [0.4, 0.5) is 4.39 Å². The molecule has 0 aliphatic heterocycles. The van der Waals surface area contributed by atoms with E-state index in [1.165, 1.54) is 6.07 Å². The lowest BCUT2D eigenvalue weighted by molar-refractivity contribution is 0.638. The second kappa shape index (κ2) is 3.74. The van der Waals surface area contributed by atoms with Crippen LogP contribution in [-0.4, -0.2) is 4.98 Å². The van der Waals surface area contributed by atoms with Crippen LogP contribution in [0.3, 0.4) is 0 Å². The topological polar surface area (TPSA) is 32.9 Å². The summed E-state index contributed by atoms with van der Waals surface area (Å²) in [5.74, 6) is -0.451. The standard InChI is InChI=1S/C13H14FNO/c1-4-10-8(3)13(16)11-9(14)6-5-7(2)12(11)15-10/h5-6H,4H2,1-3H3,(H,15,16). The summed E-state index contributed by atoms with van der Waals surface area (Å²) < 4.78 is 13.6. The van der Waals surface area contributed by atoms with Crippen molar-refractivity contribution in [3.05, 3.63) is 45.0 Å². The number of rotatable bonds is 1. The maximum atomic E-state index is 13.6. The number of aryl methyl sites for hydroxylation is 2. The summed E-state index contributed by atoms with van der Waals surface area (Å²) in [5, 5.41) is 0.176. The Morgan fingerprint density at radius 1 is 1.31 bits per heavy atom. The van der Waals surface area contributed by atoms with Crippen molar-refractivity contribution in [3.63, 3.8) is 0 Å². The Labute approximate surface area is 93.1 Å². The van der Waals surface area contributed by atoms with E-state index in [-0.39, 0.29) is 10.8 Å². The predicted molar refractivity (Wildman–Crippen MR) is 63.4 cm³/mol. The van der Waals surface area contributed by atoms with E-state index < -0.39 is 5.82 Å². The van der Waals surface area contributed by atoms with Gasteiger partial charge in [-0.2, -0.15) is 0 Å². The Hall–Kier alpha value is -1.64. The van der Waals surface area contributed by atoms with Gasteiger partial charge in [-0.15, -0.1) is 0 Å². The molecule has 0 radical (unpaired) electrons. The average Bonchev–Trinajstić information content (AvgIpc) is 2.27. The molecule has 0 saturated carbocycles. The van der Waals surface area contributed by atoms with Crippen molar-refractivity contribution >= 4 is 10.9 Å². The zero-order valence-corrected chi connectivity index (χ0v) is 9.65. The van der Waals surface area contributed by atoms with E-state index in [0.29, 0.717) is 11.1 Å². The first kappa shape index (κ1) is 10.9. The van der Waals surface area contributed by atoms with Crippen LogP contribution in [-0.2, 0) is 6.42 Å². The molecular weight excluding hydrogens is 205 g/mol. The van der Waals surface area contributed by atoms with Crippen LogP contribution < -0.4 is 5.43 Å². The van der Waals surface area contributed by atoms with E-state index in [0.717, 1.165) is 17.7 Å². The maximum absolute atomic E-state index is 13.6. The van der Waals surface area contributed by atoms with Crippen LogP contribution in [0.5, 0.6) is 0 Å². The van der Waals surface area contributed by atoms with Crippen LogP contribution in [0, 0.1) is 19.7 Å². The van der Waals surface area contributed by atoms with E-state index in [1.807, 2.05) is 13.8 Å². The molecule has 0 fully saturated rings. The van der Waals surface area contributed by atoms with E-state index in [9.17, 15) is 9.18 Å². The van der Waals surface area contributed by atoms with E-state index in [2.05, 4.69) is 4.98 Å². The molecule has 2 aromatic rings. The molecule has 0 amide bonds. The van der Waals surface area contributed by atoms with Crippen molar-refractivity contribution in [2.75, 3.05) is 0 Å². The maximum Gasteiger partial charge on any atom is 0.195 e. The molecular formula is C13H14FNO. The van der Waals surface area contributed by atoms with Gasteiger partial charge in [0.2, 0.25) is 0 Å². The Morgan fingerprint density at radius 3 is 2.62 bits per heavy atom. The molecule has 0 unspecified atom stereocenters. The third-order valence-electron chi connectivity index (χ3n) is 3.01. The van der Waals surface area contributed by atoms with E-state index >= 15 is 0 Å². The van der Waals surface area contributed by atoms with Crippen LogP contribution in [0.1, 0.15) is 23.7 Å². The van der Waals surface area contributed by atoms with Gasteiger partial charge in [-0.1, -0.05) is 13.0 Å². The first-order valence-electron chi connectivity index (χ1n) is 5.36. The van der Waals surface area contributed by atoms with Crippen molar-refractivity contribution < 1.29 is 4.39 Å². The Kier molecular flexibility index (Phi) is 2.54. The van der Waals surface area contributed by atoms with Crippen LogP contribution in [0.2, 0.25) is 0 Å². The number of hydrogen-bond donors (Lipinski definition) is 1. The highest BCUT2D eigenvalue weighted by molar-refractivity contribution is 5.83. The summed E-state index contributed by atoms with van der Waals surface area (Å²) in [6.07, 6.45) is 0.743. The smallest absolute Gasteiger partial charge is 0.195 e. The molecule has 0 saturated heterocycles. The van der Waals surface area contributed by atoms with Crippen molar-refractivity contribution in [1.29, 1.82) is 0 Å². The van der Waals surface area contributed by atoms with Crippen molar-refractivity contribution in [2.45, 2.75) is 27.2 Å². The molecule has 1 heterocycles. The van der Waals surface area contributed by atoms with Gasteiger partial charge >= 0.3 is 0 Å². The summed E-state index contributed by atoms with van der Waals surface area (Å²) in [6, 6.07) is 3.03. The highest BCUT2D eigenvalue weighted by Crippen LogP contribution is 2.18. The quantitative estimate of drug-likeness (QED) is 0.786. The second-order valence-corrected chi connectivity index (χ2v) is 4.03. The lowest BCUT2D eigenvalue weighted by atomic mass is 10.0. The van der Waals surface area contributed by atoms with E-state index in [1.54, 1.807) is 13.0 Å². The largest absolute Gasteiger partial charge is 0.358 e. The average molecular weight is 219 g/mol. The summed E-state index contributed by atoms with van der Waals surface area (Å²) in [5.41, 5.74) is 2.80. The number of hydrogen-bond acceptors (Lipinski definition) is 1. The van der Waals surface area contributed by atoms with Gasteiger partial charge in [-0.25, -0.2) is 4.39 Å². The molecule has 1 N–H and O–H groups in total. The fourth-order valence-corrected chi connectivity index (χ4v) is 1.99. The van der Waals surface area contributed by atoms with Gasteiger partial charge in [0, 0.05) is 11.3 Å².